The van der Waals surface area contributed by atoms with Gasteiger partial charge in [-0.1, -0.05) is 29.0 Å². The number of thiazole rings is 1. The molecule has 0 unspecified atom stereocenters. The summed E-state index contributed by atoms with van der Waals surface area (Å²) in [5.74, 6) is 0.0536. The van der Waals surface area contributed by atoms with Crippen LogP contribution < -0.4 is 10.1 Å². The Balaban J connectivity index is 1.62. The van der Waals surface area contributed by atoms with Crippen molar-refractivity contribution in [3.8, 4) is 5.75 Å². The fourth-order valence-corrected chi connectivity index (χ4v) is 5.60. The van der Waals surface area contributed by atoms with Gasteiger partial charge in [0.25, 0.3) is 5.91 Å². The number of benzene rings is 2. The van der Waals surface area contributed by atoms with Crippen molar-refractivity contribution in [1.82, 2.24) is 9.29 Å². The third-order valence-electron chi connectivity index (χ3n) is 4.61. The Morgan fingerprint density at radius 2 is 2.03 bits per heavy atom. The minimum absolute atomic E-state index is 0.00455. The van der Waals surface area contributed by atoms with Gasteiger partial charge in [-0.3, -0.25) is 10.1 Å². The number of fused-ring (bicyclic) bond motifs is 1. The van der Waals surface area contributed by atoms with Crippen LogP contribution in [-0.4, -0.2) is 57.0 Å². The predicted molar refractivity (Wildman–Crippen MR) is 115 cm³/mol. The minimum atomic E-state index is -3.75. The number of nitrogens with one attached hydrogen (secondary N) is 1. The van der Waals surface area contributed by atoms with Crippen LogP contribution in [0.2, 0.25) is 5.02 Å². The molecular formula is C19H18ClN3O5S2. The standard InChI is InChI=1S/C19H18ClN3O5S2/c1-27-15-3-2-4-16-17(15)21-19(29-16)22-18(24)13-11-12(5-6-14(13)20)30(25,26)23-7-9-28-10-8-23/h2-6,11H,7-10H2,1H3,(H,21,22,24). The zero-order chi connectivity index (χ0) is 21.3. The molecule has 0 spiro atoms. The molecule has 8 nitrogen and oxygen atoms in total. The van der Waals surface area contributed by atoms with Crippen LogP contribution in [0.15, 0.2) is 41.3 Å². The molecule has 0 aliphatic carbocycles. The van der Waals surface area contributed by atoms with Crippen LogP contribution in [0.25, 0.3) is 10.2 Å². The van der Waals surface area contributed by atoms with E-state index in [-0.39, 0.29) is 28.6 Å². The molecular weight excluding hydrogens is 450 g/mol. The maximum atomic E-state index is 12.9. The Morgan fingerprint density at radius 3 is 2.77 bits per heavy atom. The van der Waals surface area contributed by atoms with Gasteiger partial charge in [-0.2, -0.15) is 4.31 Å². The highest BCUT2D eigenvalue weighted by Gasteiger charge is 2.27. The lowest BCUT2D eigenvalue weighted by Gasteiger charge is -2.26. The molecule has 1 aliphatic rings. The number of ether oxygens (including phenoxy) is 2. The first-order valence-electron chi connectivity index (χ1n) is 9.02. The third kappa shape index (κ3) is 4.01. The number of morpholine rings is 1. The van der Waals surface area contributed by atoms with Crippen molar-refractivity contribution < 1.29 is 22.7 Å². The Morgan fingerprint density at radius 1 is 1.27 bits per heavy atom. The number of carbonyl (C=O) groups excluding carboxylic acids is 1. The molecule has 4 rings (SSSR count). The molecule has 158 valence electrons. The summed E-state index contributed by atoms with van der Waals surface area (Å²) in [5, 5.41) is 3.20. The smallest absolute Gasteiger partial charge is 0.259 e. The summed E-state index contributed by atoms with van der Waals surface area (Å²) in [6.45, 7) is 1.20. The van der Waals surface area contributed by atoms with Crippen LogP contribution in [0, 0.1) is 0 Å². The Labute approximate surface area is 182 Å². The molecule has 1 saturated heterocycles. The van der Waals surface area contributed by atoms with Crippen LogP contribution in [0.5, 0.6) is 5.75 Å². The van der Waals surface area contributed by atoms with Gasteiger partial charge in [0.1, 0.15) is 11.3 Å². The SMILES string of the molecule is COc1cccc2sc(NC(=O)c3cc(S(=O)(=O)N4CCOCC4)ccc3Cl)nc12. The molecule has 1 N–H and O–H groups in total. The van der Waals surface area contributed by atoms with Crippen molar-refractivity contribution in [3.63, 3.8) is 0 Å². The number of rotatable bonds is 5. The van der Waals surface area contributed by atoms with Crippen molar-refractivity contribution in [2.45, 2.75) is 4.90 Å². The lowest BCUT2D eigenvalue weighted by Crippen LogP contribution is -2.40. The fraction of sp³-hybridized carbons (Fsp3) is 0.263. The monoisotopic (exact) mass is 467 g/mol. The summed E-state index contributed by atoms with van der Waals surface area (Å²) < 4.78 is 38.5. The number of aromatic nitrogens is 1. The topological polar surface area (TPSA) is 97.8 Å². The van der Waals surface area contributed by atoms with Crippen molar-refractivity contribution in [2.24, 2.45) is 0 Å². The molecule has 30 heavy (non-hydrogen) atoms. The van der Waals surface area contributed by atoms with E-state index in [4.69, 9.17) is 21.1 Å². The Bertz CT molecular complexity index is 1210. The van der Waals surface area contributed by atoms with Gasteiger partial charge >= 0.3 is 0 Å². The highest BCUT2D eigenvalue weighted by atomic mass is 35.5. The summed E-state index contributed by atoms with van der Waals surface area (Å²) in [4.78, 5) is 17.2. The molecule has 1 fully saturated rings. The first kappa shape index (κ1) is 21.0. The second kappa shape index (κ2) is 8.48. The van der Waals surface area contributed by atoms with E-state index in [0.29, 0.717) is 29.6 Å². The van der Waals surface area contributed by atoms with Gasteiger partial charge < -0.3 is 9.47 Å². The second-order valence-corrected chi connectivity index (χ2v) is 9.81. The number of amides is 1. The lowest BCUT2D eigenvalue weighted by molar-refractivity contribution is 0.0730. The van der Waals surface area contributed by atoms with Crippen LogP contribution in [0.3, 0.4) is 0 Å². The van der Waals surface area contributed by atoms with Crippen molar-refractivity contribution in [2.75, 3.05) is 38.7 Å². The van der Waals surface area contributed by atoms with Gasteiger partial charge in [0, 0.05) is 13.1 Å². The summed E-state index contributed by atoms with van der Waals surface area (Å²) in [5.41, 5.74) is 0.687. The molecule has 1 aromatic heterocycles. The maximum absolute atomic E-state index is 12.9. The first-order valence-corrected chi connectivity index (χ1v) is 11.7. The second-order valence-electron chi connectivity index (χ2n) is 6.44. The van der Waals surface area contributed by atoms with E-state index in [1.807, 2.05) is 12.1 Å². The van der Waals surface area contributed by atoms with E-state index in [0.717, 1.165) is 4.70 Å². The van der Waals surface area contributed by atoms with Crippen LogP contribution >= 0.6 is 22.9 Å². The average molecular weight is 468 g/mol. The Hall–Kier alpha value is -2.24. The fourth-order valence-electron chi connectivity index (χ4n) is 3.08. The highest BCUT2D eigenvalue weighted by molar-refractivity contribution is 7.89. The van der Waals surface area contributed by atoms with Gasteiger partial charge in [0.05, 0.1) is 40.5 Å². The zero-order valence-corrected chi connectivity index (χ0v) is 18.3. The number of hydrogen-bond donors (Lipinski definition) is 1. The molecule has 0 saturated carbocycles. The zero-order valence-electron chi connectivity index (χ0n) is 15.9. The lowest BCUT2D eigenvalue weighted by atomic mass is 10.2. The first-order chi connectivity index (χ1) is 14.4. The molecule has 2 heterocycles. The van der Waals surface area contributed by atoms with Crippen LogP contribution in [0.4, 0.5) is 5.13 Å². The number of anilines is 1. The van der Waals surface area contributed by atoms with E-state index >= 15 is 0 Å². The van der Waals surface area contributed by atoms with Crippen molar-refractivity contribution in [3.05, 3.63) is 47.0 Å². The molecule has 1 amide bonds. The molecule has 0 bridgehead atoms. The van der Waals surface area contributed by atoms with Gasteiger partial charge in [0.2, 0.25) is 10.0 Å². The van der Waals surface area contributed by atoms with Gasteiger partial charge in [-0.05, 0) is 30.3 Å². The number of para-hydroxylation sites is 1. The van der Waals surface area contributed by atoms with E-state index < -0.39 is 15.9 Å². The predicted octanol–water partition coefficient (Wildman–Crippen LogP) is 3.23. The number of nitrogens with zero attached hydrogens (tertiary/aromatic N) is 2. The number of sulfonamides is 1. The molecule has 1 aliphatic heterocycles. The molecule has 0 radical (unpaired) electrons. The number of carbonyl (C=O) groups is 1. The van der Waals surface area contributed by atoms with E-state index in [2.05, 4.69) is 10.3 Å². The van der Waals surface area contributed by atoms with Crippen LogP contribution in [0.1, 0.15) is 10.4 Å². The quantitative estimate of drug-likeness (QED) is 0.618. The van der Waals surface area contributed by atoms with Gasteiger partial charge in [-0.15, -0.1) is 0 Å². The third-order valence-corrected chi connectivity index (χ3v) is 7.77. The summed E-state index contributed by atoms with van der Waals surface area (Å²) in [6, 6.07) is 9.58. The van der Waals surface area contributed by atoms with E-state index in [1.165, 1.54) is 33.8 Å². The summed E-state index contributed by atoms with van der Waals surface area (Å²) in [7, 11) is -2.20. The van der Waals surface area contributed by atoms with E-state index in [1.54, 1.807) is 13.2 Å². The molecule has 3 aromatic rings. The number of methoxy groups -OCH3 is 1. The van der Waals surface area contributed by atoms with Gasteiger partial charge in [-0.25, -0.2) is 13.4 Å². The minimum Gasteiger partial charge on any atom is -0.494 e. The Kier molecular flexibility index (Phi) is 5.94. The van der Waals surface area contributed by atoms with Crippen LogP contribution in [-0.2, 0) is 14.8 Å². The molecule has 11 heteroatoms. The largest absolute Gasteiger partial charge is 0.494 e. The normalized spacial score (nSPS) is 15.3. The number of halogens is 1. The van der Waals surface area contributed by atoms with Crippen molar-refractivity contribution >= 4 is 54.2 Å². The molecule has 2 aromatic carbocycles. The average Bonchev–Trinajstić information content (AvgIpc) is 3.16. The van der Waals surface area contributed by atoms with E-state index in [9.17, 15) is 13.2 Å². The van der Waals surface area contributed by atoms with Crippen molar-refractivity contribution in [1.29, 1.82) is 0 Å². The summed E-state index contributed by atoms with van der Waals surface area (Å²) in [6.07, 6.45) is 0. The maximum Gasteiger partial charge on any atom is 0.259 e. The summed E-state index contributed by atoms with van der Waals surface area (Å²) >= 11 is 7.47. The number of hydrogen-bond acceptors (Lipinski definition) is 7. The molecule has 0 atom stereocenters. The highest BCUT2D eigenvalue weighted by Crippen LogP contribution is 2.33. The van der Waals surface area contributed by atoms with Gasteiger partial charge in [0.15, 0.2) is 5.13 Å².